The minimum absolute atomic E-state index is 0.260. The summed E-state index contributed by atoms with van der Waals surface area (Å²) in [4.78, 5) is 14.3. The van der Waals surface area contributed by atoms with Gasteiger partial charge in [0.15, 0.2) is 0 Å². The Morgan fingerprint density at radius 2 is 2.28 bits per heavy atom. The minimum Gasteiger partial charge on any atom is -0.381 e. The van der Waals surface area contributed by atoms with Crippen molar-refractivity contribution in [2.75, 3.05) is 24.7 Å². The van der Waals surface area contributed by atoms with Gasteiger partial charge in [0.1, 0.15) is 0 Å². The number of para-hydroxylation sites is 1. The minimum atomic E-state index is 0.260. The highest BCUT2D eigenvalue weighted by Crippen LogP contribution is 2.29. The number of carbonyl (C=O) groups excluding carboxylic acids is 1. The van der Waals surface area contributed by atoms with Crippen LogP contribution in [0.2, 0.25) is 0 Å². The molecule has 1 aromatic carbocycles. The summed E-state index contributed by atoms with van der Waals surface area (Å²) in [7, 11) is 0. The second-order valence-electron chi connectivity index (χ2n) is 5.21. The molecule has 0 bridgehead atoms. The van der Waals surface area contributed by atoms with Crippen molar-refractivity contribution in [1.29, 1.82) is 0 Å². The molecule has 1 atom stereocenters. The lowest BCUT2D eigenvalue weighted by atomic mass is 9.98. The van der Waals surface area contributed by atoms with Gasteiger partial charge in [-0.25, -0.2) is 0 Å². The average molecular weight is 245 g/mol. The van der Waals surface area contributed by atoms with Crippen molar-refractivity contribution >= 4 is 11.6 Å². The van der Waals surface area contributed by atoms with Gasteiger partial charge in [0.2, 0.25) is 5.91 Å². The number of hydrogen-bond donors (Lipinski definition) is 0. The second-order valence-corrected chi connectivity index (χ2v) is 5.21. The number of nitrogens with zero attached hydrogens (tertiary/aromatic N) is 1. The predicted molar refractivity (Wildman–Crippen MR) is 70.7 cm³/mol. The largest absolute Gasteiger partial charge is 0.381 e. The summed E-state index contributed by atoms with van der Waals surface area (Å²) in [6, 6.07) is 8.22. The molecule has 3 rings (SSSR count). The number of carbonyl (C=O) groups is 1. The average Bonchev–Trinajstić information content (AvgIpc) is 2.84. The number of amides is 1. The summed E-state index contributed by atoms with van der Waals surface area (Å²) in [6.07, 6.45) is 3.84. The fourth-order valence-corrected chi connectivity index (χ4v) is 2.92. The molecular formula is C15H19NO2. The Labute approximate surface area is 108 Å². The van der Waals surface area contributed by atoms with E-state index in [0.717, 1.165) is 44.7 Å². The lowest BCUT2D eigenvalue weighted by Crippen LogP contribution is -2.32. The molecule has 0 aromatic heterocycles. The molecule has 3 nitrogen and oxygen atoms in total. The van der Waals surface area contributed by atoms with Gasteiger partial charge in [0.25, 0.3) is 0 Å². The highest BCUT2D eigenvalue weighted by atomic mass is 16.5. The lowest BCUT2D eigenvalue weighted by Gasteiger charge is -2.24. The molecule has 0 spiro atoms. The first-order valence-electron chi connectivity index (χ1n) is 6.80. The SMILES string of the molecule is O=C(CC1CCCOC1)N1CCc2ccccc21. The third-order valence-electron chi connectivity index (χ3n) is 3.91. The summed E-state index contributed by atoms with van der Waals surface area (Å²) < 4.78 is 5.44. The third-order valence-corrected chi connectivity index (χ3v) is 3.91. The van der Waals surface area contributed by atoms with E-state index in [1.807, 2.05) is 17.0 Å². The molecule has 3 heteroatoms. The number of hydrogen-bond acceptors (Lipinski definition) is 2. The quantitative estimate of drug-likeness (QED) is 0.800. The monoisotopic (exact) mass is 245 g/mol. The van der Waals surface area contributed by atoms with Crippen LogP contribution < -0.4 is 4.90 Å². The molecule has 1 unspecified atom stereocenters. The van der Waals surface area contributed by atoms with Crippen molar-refractivity contribution in [1.82, 2.24) is 0 Å². The number of ether oxygens (including phenoxy) is 1. The van der Waals surface area contributed by atoms with Crippen molar-refractivity contribution in [2.45, 2.75) is 25.7 Å². The molecule has 1 aromatic rings. The molecule has 1 saturated heterocycles. The summed E-state index contributed by atoms with van der Waals surface area (Å²) in [5.41, 5.74) is 2.41. The van der Waals surface area contributed by atoms with Crippen LogP contribution in [0.4, 0.5) is 5.69 Å². The standard InChI is InChI=1S/C15H19NO2/c17-15(10-12-4-3-9-18-11-12)16-8-7-13-5-1-2-6-14(13)16/h1-2,5-6,12H,3-4,7-11H2. The van der Waals surface area contributed by atoms with Crippen LogP contribution in [-0.4, -0.2) is 25.7 Å². The zero-order chi connectivity index (χ0) is 12.4. The van der Waals surface area contributed by atoms with Gasteiger partial charge in [0.05, 0.1) is 0 Å². The molecule has 1 amide bonds. The van der Waals surface area contributed by atoms with Gasteiger partial charge in [-0.2, -0.15) is 0 Å². The molecular weight excluding hydrogens is 226 g/mol. The molecule has 2 aliphatic rings. The van der Waals surface area contributed by atoms with E-state index in [9.17, 15) is 4.79 Å². The molecule has 0 N–H and O–H groups in total. The fourth-order valence-electron chi connectivity index (χ4n) is 2.92. The zero-order valence-corrected chi connectivity index (χ0v) is 10.6. The van der Waals surface area contributed by atoms with Crippen molar-refractivity contribution in [3.8, 4) is 0 Å². The van der Waals surface area contributed by atoms with Gasteiger partial charge in [0, 0.05) is 31.9 Å². The van der Waals surface area contributed by atoms with Crippen molar-refractivity contribution < 1.29 is 9.53 Å². The summed E-state index contributed by atoms with van der Waals surface area (Å²) in [5.74, 6) is 0.675. The molecule has 2 heterocycles. The van der Waals surface area contributed by atoms with Gasteiger partial charge in [-0.15, -0.1) is 0 Å². The lowest BCUT2D eigenvalue weighted by molar-refractivity contribution is -0.120. The maximum absolute atomic E-state index is 12.3. The molecule has 1 fully saturated rings. The third kappa shape index (κ3) is 2.27. The van der Waals surface area contributed by atoms with Crippen LogP contribution in [0.1, 0.15) is 24.8 Å². The number of fused-ring (bicyclic) bond motifs is 1. The van der Waals surface area contributed by atoms with E-state index in [1.54, 1.807) is 0 Å². The van der Waals surface area contributed by atoms with Crippen LogP contribution in [0.25, 0.3) is 0 Å². The number of benzene rings is 1. The fraction of sp³-hybridized carbons (Fsp3) is 0.533. The van der Waals surface area contributed by atoms with E-state index in [0.29, 0.717) is 12.3 Å². The maximum Gasteiger partial charge on any atom is 0.227 e. The van der Waals surface area contributed by atoms with Crippen LogP contribution in [0.3, 0.4) is 0 Å². The first-order chi connectivity index (χ1) is 8.84. The normalized spacial score (nSPS) is 22.9. The Morgan fingerprint density at radius 3 is 3.11 bits per heavy atom. The number of rotatable bonds is 2. The Bertz CT molecular complexity index is 438. The molecule has 0 aliphatic carbocycles. The number of anilines is 1. The van der Waals surface area contributed by atoms with E-state index in [-0.39, 0.29) is 5.91 Å². The van der Waals surface area contributed by atoms with E-state index >= 15 is 0 Å². The summed E-state index contributed by atoms with van der Waals surface area (Å²) in [6.45, 7) is 2.45. The van der Waals surface area contributed by atoms with E-state index in [1.165, 1.54) is 5.56 Å². The van der Waals surface area contributed by atoms with Gasteiger partial charge in [-0.1, -0.05) is 18.2 Å². The van der Waals surface area contributed by atoms with Gasteiger partial charge >= 0.3 is 0 Å². The van der Waals surface area contributed by atoms with Crippen molar-refractivity contribution in [2.24, 2.45) is 5.92 Å². The van der Waals surface area contributed by atoms with Crippen LogP contribution in [0.15, 0.2) is 24.3 Å². The van der Waals surface area contributed by atoms with Crippen molar-refractivity contribution in [3.05, 3.63) is 29.8 Å². The maximum atomic E-state index is 12.3. The van der Waals surface area contributed by atoms with Gasteiger partial charge in [-0.3, -0.25) is 4.79 Å². The molecule has 0 saturated carbocycles. The van der Waals surface area contributed by atoms with Gasteiger partial charge in [-0.05, 0) is 36.8 Å². The molecule has 2 aliphatic heterocycles. The molecule has 96 valence electrons. The summed E-state index contributed by atoms with van der Waals surface area (Å²) in [5, 5.41) is 0. The Kier molecular flexibility index (Phi) is 3.33. The Morgan fingerprint density at radius 1 is 1.39 bits per heavy atom. The predicted octanol–water partition coefficient (Wildman–Crippen LogP) is 2.39. The van der Waals surface area contributed by atoms with Crippen LogP contribution in [0.5, 0.6) is 0 Å². The van der Waals surface area contributed by atoms with E-state index < -0.39 is 0 Å². The molecule has 0 radical (unpaired) electrons. The molecule has 18 heavy (non-hydrogen) atoms. The van der Waals surface area contributed by atoms with Crippen LogP contribution in [-0.2, 0) is 16.0 Å². The topological polar surface area (TPSA) is 29.5 Å². The zero-order valence-electron chi connectivity index (χ0n) is 10.6. The Balaban J connectivity index is 1.67. The Hall–Kier alpha value is -1.35. The first-order valence-corrected chi connectivity index (χ1v) is 6.80. The second kappa shape index (κ2) is 5.11. The van der Waals surface area contributed by atoms with E-state index in [2.05, 4.69) is 12.1 Å². The highest BCUT2D eigenvalue weighted by molar-refractivity contribution is 5.95. The van der Waals surface area contributed by atoms with Crippen LogP contribution in [0, 0.1) is 5.92 Å². The summed E-state index contributed by atoms with van der Waals surface area (Å²) >= 11 is 0. The van der Waals surface area contributed by atoms with Crippen molar-refractivity contribution in [3.63, 3.8) is 0 Å². The van der Waals surface area contributed by atoms with Gasteiger partial charge < -0.3 is 9.64 Å². The van der Waals surface area contributed by atoms with Crippen LogP contribution >= 0.6 is 0 Å². The smallest absolute Gasteiger partial charge is 0.227 e. The van der Waals surface area contributed by atoms with E-state index in [4.69, 9.17) is 4.74 Å². The highest BCUT2D eigenvalue weighted by Gasteiger charge is 2.26. The first kappa shape index (κ1) is 11.7.